The Hall–Kier alpha value is -2.63. The van der Waals surface area contributed by atoms with Gasteiger partial charge in [-0.25, -0.2) is 9.78 Å². The van der Waals surface area contributed by atoms with Crippen LogP contribution < -0.4 is 15.4 Å². The molecule has 0 aliphatic rings. The van der Waals surface area contributed by atoms with Crippen LogP contribution in [0.1, 0.15) is 32.0 Å². The van der Waals surface area contributed by atoms with E-state index in [1.165, 1.54) is 0 Å². The third kappa shape index (κ3) is 6.34. The van der Waals surface area contributed by atoms with Gasteiger partial charge in [0.2, 0.25) is 5.88 Å². The summed E-state index contributed by atoms with van der Waals surface area (Å²) in [4.78, 5) is 20.1. The van der Waals surface area contributed by atoms with Crippen molar-refractivity contribution in [3.8, 4) is 5.88 Å². The number of rotatable bonds is 5. The molecule has 6 heteroatoms. The van der Waals surface area contributed by atoms with Crippen LogP contribution in [0.5, 0.6) is 5.88 Å². The molecule has 2 aromatic rings. The molecule has 0 aromatic carbocycles. The van der Waals surface area contributed by atoms with Crippen LogP contribution in [0.15, 0.2) is 42.7 Å². The van der Waals surface area contributed by atoms with Crippen LogP contribution in [-0.4, -0.2) is 21.6 Å². The average molecular weight is 314 g/mol. The van der Waals surface area contributed by atoms with Crippen molar-refractivity contribution in [3.63, 3.8) is 0 Å². The molecule has 2 N–H and O–H groups in total. The summed E-state index contributed by atoms with van der Waals surface area (Å²) in [5.41, 5.74) is 1.44. The van der Waals surface area contributed by atoms with E-state index in [1.807, 2.05) is 45.0 Å². The third-order valence-corrected chi connectivity index (χ3v) is 2.82. The Balaban J connectivity index is 1.76. The Labute approximate surface area is 136 Å². The first-order chi connectivity index (χ1) is 10.9. The zero-order chi connectivity index (χ0) is 16.7. The molecular weight excluding hydrogens is 292 g/mol. The number of nitrogens with one attached hydrogen (secondary N) is 2. The van der Waals surface area contributed by atoms with Crippen LogP contribution in [0.4, 0.5) is 4.79 Å². The quantitative estimate of drug-likeness (QED) is 0.889. The van der Waals surface area contributed by atoms with Crippen LogP contribution >= 0.6 is 0 Å². The number of urea groups is 1. The molecule has 0 bridgehead atoms. The van der Waals surface area contributed by atoms with Crippen LogP contribution in [0.3, 0.4) is 0 Å². The standard InChI is InChI=1S/C17H22N4O2/c1-17(2,3)23-15-8-7-13(10-19-15)11-20-16(22)21-12-14-6-4-5-9-18-14/h4-10H,11-12H2,1-3H3,(H2,20,21,22). The molecule has 0 aliphatic carbocycles. The average Bonchev–Trinajstić information content (AvgIpc) is 2.52. The van der Waals surface area contributed by atoms with E-state index in [0.29, 0.717) is 19.0 Å². The summed E-state index contributed by atoms with van der Waals surface area (Å²) in [7, 11) is 0. The highest BCUT2D eigenvalue weighted by atomic mass is 16.5. The van der Waals surface area contributed by atoms with Crippen molar-refractivity contribution >= 4 is 6.03 Å². The highest BCUT2D eigenvalue weighted by Gasteiger charge is 2.12. The van der Waals surface area contributed by atoms with Crippen LogP contribution in [0, 0.1) is 0 Å². The van der Waals surface area contributed by atoms with Gasteiger partial charge in [0.1, 0.15) is 5.60 Å². The molecule has 2 heterocycles. The lowest BCUT2D eigenvalue weighted by Gasteiger charge is -2.20. The molecule has 2 amide bonds. The molecule has 0 saturated carbocycles. The molecule has 6 nitrogen and oxygen atoms in total. The predicted octanol–water partition coefficient (Wildman–Crippen LogP) is 2.65. The molecule has 0 spiro atoms. The van der Waals surface area contributed by atoms with E-state index < -0.39 is 0 Å². The van der Waals surface area contributed by atoms with E-state index in [0.717, 1.165) is 11.3 Å². The molecule has 122 valence electrons. The molecular formula is C17H22N4O2. The van der Waals surface area contributed by atoms with Gasteiger partial charge in [-0.1, -0.05) is 12.1 Å². The molecule has 0 aliphatic heterocycles. The van der Waals surface area contributed by atoms with E-state index in [9.17, 15) is 4.79 Å². The normalized spacial score (nSPS) is 10.9. The lowest BCUT2D eigenvalue weighted by atomic mass is 10.2. The maximum Gasteiger partial charge on any atom is 0.315 e. The highest BCUT2D eigenvalue weighted by Crippen LogP contribution is 2.15. The number of pyridine rings is 2. The van der Waals surface area contributed by atoms with Crippen molar-refractivity contribution in [2.75, 3.05) is 0 Å². The number of hydrogen-bond acceptors (Lipinski definition) is 4. The Morgan fingerprint density at radius 2 is 1.87 bits per heavy atom. The van der Waals surface area contributed by atoms with Crippen molar-refractivity contribution in [3.05, 3.63) is 54.0 Å². The molecule has 2 aromatic heterocycles. The zero-order valence-electron chi connectivity index (χ0n) is 13.7. The van der Waals surface area contributed by atoms with E-state index in [-0.39, 0.29) is 11.6 Å². The van der Waals surface area contributed by atoms with Gasteiger partial charge >= 0.3 is 6.03 Å². The topological polar surface area (TPSA) is 76.1 Å². The lowest BCUT2D eigenvalue weighted by Crippen LogP contribution is -2.34. The summed E-state index contributed by atoms with van der Waals surface area (Å²) < 4.78 is 5.65. The second kappa shape index (κ2) is 7.58. The fraction of sp³-hybridized carbons (Fsp3) is 0.353. The minimum Gasteiger partial charge on any atom is -0.472 e. The minimum absolute atomic E-state index is 0.245. The zero-order valence-corrected chi connectivity index (χ0v) is 13.7. The van der Waals surface area contributed by atoms with Gasteiger partial charge in [0, 0.05) is 25.0 Å². The van der Waals surface area contributed by atoms with Gasteiger partial charge in [-0.05, 0) is 38.5 Å². The monoisotopic (exact) mass is 314 g/mol. The Morgan fingerprint density at radius 3 is 2.48 bits per heavy atom. The summed E-state index contributed by atoms with van der Waals surface area (Å²) in [5.74, 6) is 0.570. The fourth-order valence-electron chi connectivity index (χ4n) is 1.81. The molecule has 0 radical (unpaired) electrons. The Bertz CT molecular complexity index is 621. The number of aromatic nitrogens is 2. The second-order valence-electron chi connectivity index (χ2n) is 6.08. The SMILES string of the molecule is CC(C)(C)Oc1ccc(CNC(=O)NCc2ccccn2)cn1. The number of nitrogens with zero attached hydrogens (tertiary/aromatic N) is 2. The van der Waals surface area contributed by atoms with Gasteiger partial charge in [-0.2, -0.15) is 0 Å². The van der Waals surface area contributed by atoms with Gasteiger partial charge < -0.3 is 15.4 Å². The van der Waals surface area contributed by atoms with Crippen LogP contribution in [0.25, 0.3) is 0 Å². The summed E-state index contributed by atoms with van der Waals surface area (Å²) in [6.45, 7) is 6.70. The van der Waals surface area contributed by atoms with Gasteiger partial charge in [0.05, 0.1) is 12.2 Å². The van der Waals surface area contributed by atoms with Crippen molar-refractivity contribution in [2.45, 2.75) is 39.5 Å². The summed E-state index contributed by atoms with van der Waals surface area (Å²) in [6, 6.07) is 9.02. The number of ether oxygens (including phenoxy) is 1. The smallest absolute Gasteiger partial charge is 0.315 e. The highest BCUT2D eigenvalue weighted by molar-refractivity contribution is 5.73. The molecule has 0 saturated heterocycles. The Morgan fingerprint density at radius 1 is 1.09 bits per heavy atom. The van der Waals surface area contributed by atoms with E-state index in [2.05, 4.69) is 20.6 Å². The van der Waals surface area contributed by atoms with Crippen molar-refractivity contribution in [1.82, 2.24) is 20.6 Å². The van der Waals surface area contributed by atoms with Crippen LogP contribution in [0.2, 0.25) is 0 Å². The first kappa shape index (κ1) is 16.7. The maximum atomic E-state index is 11.7. The largest absolute Gasteiger partial charge is 0.472 e. The molecule has 0 fully saturated rings. The fourth-order valence-corrected chi connectivity index (χ4v) is 1.81. The van der Waals surface area contributed by atoms with Crippen molar-refractivity contribution < 1.29 is 9.53 Å². The van der Waals surface area contributed by atoms with E-state index in [1.54, 1.807) is 18.5 Å². The number of hydrogen-bond donors (Lipinski definition) is 2. The molecule has 0 atom stereocenters. The Kier molecular flexibility index (Phi) is 5.51. The van der Waals surface area contributed by atoms with Gasteiger partial charge in [-0.3, -0.25) is 4.98 Å². The summed E-state index contributed by atoms with van der Waals surface area (Å²) >= 11 is 0. The molecule has 0 unspecified atom stereocenters. The predicted molar refractivity (Wildman–Crippen MR) is 87.9 cm³/mol. The first-order valence-corrected chi connectivity index (χ1v) is 7.48. The van der Waals surface area contributed by atoms with Crippen molar-refractivity contribution in [1.29, 1.82) is 0 Å². The van der Waals surface area contributed by atoms with Crippen LogP contribution in [-0.2, 0) is 13.1 Å². The molecule has 2 rings (SSSR count). The van der Waals surface area contributed by atoms with E-state index in [4.69, 9.17) is 4.74 Å². The minimum atomic E-state index is -0.280. The van der Waals surface area contributed by atoms with Gasteiger partial charge in [-0.15, -0.1) is 0 Å². The number of carbonyl (C=O) groups excluding carboxylic acids is 1. The lowest BCUT2D eigenvalue weighted by molar-refractivity contribution is 0.124. The summed E-state index contributed by atoms with van der Waals surface area (Å²) in [6.07, 6.45) is 3.39. The van der Waals surface area contributed by atoms with Crippen molar-refractivity contribution in [2.24, 2.45) is 0 Å². The maximum absolute atomic E-state index is 11.7. The van der Waals surface area contributed by atoms with E-state index >= 15 is 0 Å². The third-order valence-electron chi connectivity index (χ3n) is 2.82. The summed E-state index contributed by atoms with van der Waals surface area (Å²) in [5, 5.41) is 5.53. The number of amides is 2. The first-order valence-electron chi connectivity index (χ1n) is 7.48. The van der Waals surface area contributed by atoms with Gasteiger partial charge in [0.15, 0.2) is 0 Å². The number of carbonyl (C=O) groups is 1. The van der Waals surface area contributed by atoms with Gasteiger partial charge in [0.25, 0.3) is 0 Å². The molecule has 23 heavy (non-hydrogen) atoms. The second-order valence-corrected chi connectivity index (χ2v) is 6.08.